The normalized spacial score (nSPS) is 15.2. The van der Waals surface area contributed by atoms with Crippen LogP contribution in [0.3, 0.4) is 0 Å². The highest BCUT2D eigenvalue weighted by Gasteiger charge is 2.40. The molecule has 2 aliphatic carbocycles. The first-order chi connectivity index (χ1) is 14.9. The van der Waals surface area contributed by atoms with Crippen molar-refractivity contribution in [2.24, 2.45) is 0 Å². The van der Waals surface area contributed by atoms with Crippen molar-refractivity contribution in [3.8, 4) is 0 Å². The highest BCUT2D eigenvalue weighted by Crippen LogP contribution is 2.36. The summed E-state index contributed by atoms with van der Waals surface area (Å²) in [6.07, 6.45) is 0. The lowest BCUT2D eigenvalue weighted by molar-refractivity contribution is -0.134. The minimum absolute atomic E-state index is 0.0204. The number of rotatable bonds is 5. The number of hydrogen-bond acceptors (Lipinski definition) is 7. The number of aliphatic hydroxyl groups excluding tert-OH is 1. The number of fused-ring (bicyclic) bond motifs is 2. The Morgan fingerprint density at radius 3 is 1.84 bits per heavy atom. The van der Waals surface area contributed by atoms with E-state index < -0.39 is 34.8 Å². The molecule has 0 spiro atoms. The zero-order valence-corrected chi connectivity index (χ0v) is 17.0. The van der Waals surface area contributed by atoms with E-state index in [2.05, 4.69) is 0 Å². The van der Waals surface area contributed by atoms with Crippen LogP contribution >= 0.6 is 0 Å². The van der Waals surface area contributed by atoms with Crippen molar-refractivity contribution in [3.05, 3.63) is 87.9 Å². The quantitative estimate of drug-likeness (QED) is 0.588. The Labute approximate surface area is 178 Å². The van der Waals surface area contributed by atoms with Crippen molar-refractivity contribution in [2.75, 3.05) is 13.1 Å². The second-order valence-corrected chi connectivity index (χ2v) is 7.04. The fraction of sp³-hybridized carbons (Fsp3) is 0.167. The minimum atomic E-state index is -1.09. The molecule has 0 saturated heterocycles. The molecule has 7 heteroatoms. The van der Waals surface area contributed by atoms with Crippen molar-refractivity contribution in [1.29, 1.82) is 0 Å². The molecule has 2 aliphatic rings. The molecule has 0 radical (unpaired) electrons. The van der Waals surface area contributed by atoms with E-state index in [1.165, 1.54) is 12.1 Å². The summed E-state index contributed by atoms with van der Waals surface area (Å²) in [4.78, 5) is 53.2. The van der Waals surface area contributed by atoms with Gasteiger partial charge in [-0.1, -0.05) is 48.5 Å². The molecule has 0 atom stereocenters. The largest absolute Gasteiger partial charge is 0.501 e. The summed E-state index contributed by atoms with van der Waals surface area (Å²) < 4.78 is 5.21. The fourth-order valence-electron chi connectivity index (χ4n) is 3.90. The Hall–Kier alpha value is -4.00. The summed E-state index contributed by atoms with van der Waals surface area (Å²) in [5.41, 5.74) is 1.17. The first kappa shape index (κ1) is 20.3. The molecular formula is C24H19NO6. The lowest BCUT2D eigenvalue weighted by Crippen LogP contribution is -2.28. The van der Waals surface area contributed by atoms with Gasteiger partial charge >= 0.3 is 5.97 Å². The molecule has 1 N–H and O–H groups in total. The molecule has 0 fully saturated rings. The van der Waals surface area contributed by atoms with Gasteiger partial charge in [0.1, 0.15) is 5.57 Å². The van der Waals surface area contributed by atoms with Gasteiger partial charge in [-0.15, -0.1) is 0 Å². The monoisotopic (exact) mass is 417 g/mol. The molecule has 0 amide bonds. The van der Waals surface area contributed by atoms with Crippen molar-refractivity contribution in [1.82, 2.24) is 4.90 Å². The number of allylic oxidation sites excluding steroid dienone is 2. The van der Waals surface area contributed by atoms with E-state index in [1.807, 2.05) is 18.7 Å². The molecule has 0 aliphatic heterocycles. The summed E-state index contributed by atoms with van der Waals surface area (Å²) in [5.74, 6) is -4.97. The Balaban J connectivity index is 1.78. The summed E-state index contributed by atoms with van der Waals surface area (Å²) in [6, 6.07) is 12.7. The van der Waals surface area contributed by atoms with E-state index in [0.717, 1.165) is 0 Å². The van der Waals surface area contributed by atoms with Gasteiger partial charge in [-0.05, 0) is 13.8 Å². The maximum Gasteiger partial charge on any atom is 0.349 e. The number of carbonyl (C=O) groups is 4. The summed E-state index contributed by atoms with van der Waals surface area (Å²) >= 11 is 0. The van der Waals surface area contributed by atoms with Crippen molar-refractivity contribution >= 4 is 29.0 Å². The van der Waals surface area contributed by atoms with E-state index in [0.29, 0.717) is 29.9 Å². The second-order valence-electron chi connectivity index (χ2n) is 7.04. The second kappa shape index (κ2) is 7.68. The van der Waals surface area contributed by atoms with Gasteiger partial charge in [0.15, 0.2) is 0 Å². The maximum atomic E-state index is 13.1. The van der Waals surface area contributed by atoms with E-state index in [4.69, 9.17) is 4.74 Å². The van der Waals surface area contributed by atoms with E-state index >= 15 is 0 Å². The van der Waals surface area contributed by atoms with Gasteiger partial charge in [-0.25, -0.2) is 4.79 Å². The molecule has 2 aromatic rings. The molecule has 0 unspecified atom stereocenters. The van der Waals surface area contributed by atoms with Crippen LogP contribution in [0.4, 0.5) is 0 Å². The molecule has 7 nitrogen and oxygen atoms in total. The van der Waals surface area contributed by atoms with Crippen molar-refractivity contribution in [2.45, 2.75) is 13.8 Å². The van der Waals surface area contributed by atoms with E-state index in [1.54, 1.807) is 36.4 Å². The Morgan fingerprint density at radius 2 is 1.29 bits per heavy atom. The van der Waals surface area contributed by atoms with E-state index in [-0.39, 0.29) is 16.7 Å². The van der Waals surface area contributed by atoms with Crippen molar-refractivity contribution in [3.63, 3.8) is 0 Å². The summed E-state index contributed by atoms with van der Waals surface area (Å²) in [6.45, 7) is 4.84. The smallest absolute Gasteiger partial charge is 0.349 e. The number of ether oxygens (including phenoxy) is 1. The van der Waals surface area contributed by atoms with Gasteiger partial charge in [0.2, 0.25) is 28.9 Å². The van der Waals surface area contributed by atoms with Gasteiger partial charge in [-0.2, -0.15) is 0 Å². The van der Waals surface area contributed by atoms with Crippen LogP contribution in [-0.2, 0) is 9.53 Å². The molecule has 0 bridgehead atoms. The predicted molar refractivity (Wildman–Crippen MR) is 111 cm³/mol. The zero-order valence-electron chi connectivity index (χ0n) is 17.0. The molecule has 2 aromatic carbocycles. The Kier molecular flexibility index (Phi) is 5.02. The van der Waals surface area contributed by atoms with Gasteiger partial charge < -0.3 is 14.7 Å². The molecular weight excluding hydrogens is 398 g/mol. The van der Waals surface area contributed by atoms with Crippen LogP contribution < -0.4 is 0 Å². The zero-order chi connectivity index (χ0) is 22.3. The number of esters is 1. The average molecular weight is 417 g/mol. The fourth-order valence-corrected chi connectivity index (χ4v) is 3.90. The number of benzene rings is 2. The van der Waals surface area contributed by atoms with Gasteiger partial charge in [0, 0.05) is 35.3 Å². The topological polar surface area (TPSA) is 101 Å². The van der Waals surface area contributed by atoms with Crippen molar-refractivity contribution < 1.29 is 29.0 Å². The third kappa shape index (κ3) is 3.06. The lowest BCUT2D eigenvalue weighted by atomic mass is 9.92. The third-order valence-electron chi connectivity index (χ3n) is 5.42. The number of carbonyl (C=O) groups excluding carboxylic acids is 4. The van der Waals surface area contributed by atoms with Crippen LogP contribution in [0.2, 0.25) is 0 Å². The average Bonchev–Trinajstić information content (AvgIpc) is 3.09. The Morgan fingerprint density at radius 1 is 0.806 bits per heavy atom. The lowest BCUT2D eigenvalue weighted by Gasteiger charge is -2.24. The minimum Gasteiger partial charge on any atom is -0.501 e. The van der Waals surface area contributed by atoms with Crippen LogP contribution in [0.1, 0.15) is 50.5 Å². The summed E-state index contributed by atoms with van der Waals surface area (Å²) in [5, 5.41) is 10.3. The molecule has 156 valence electrons. The van der Waals surface area contributed by atoms with E-state index in [9.17, 15) is 24.3 Å². The van der Waals surface area contributed by atoms with Crippen LogP contribution in [-0.4, -0.2) is 46.4 Å². The number of Topliss-reactive ketones (excluding diaryl/α,β-unsaturated/α-hetero) is 3. The first-order valence-corrected chi connectivity index (χ1v) is 9.87. The molecule has 0 aromatic heterocycles. The molecule has 4 rings (SSSR count). The standard InChI is InChI=1S/C24H19NO6/c1-3-25(4-2)18-13-9-5-6-10-14(13)19(26)17(18)24(30)31-23-21(28)16-12-8-7-11-15(16)20(27)22(23)29/h5-12,29H,3-4H2,1-2H3. The van der Waals surface area contributed by atoms with Crippen LogP contribution in [0.15, 0.2) is 65.6 Å². The van der Waals surface area contributed by atoms with Gasteiger partial charge in [0.05, 0.1) is 5.70 Å². The van der Waals surface area contributed by atoms with Gasteiger partial charge in [-0.3, -0.25) is 14.4 Å². The molecule has 0 heterocycles. The maximum absolute atomic E-state index is 13.1. The molecule has 31 heavy (non-hydrogen) atoms. The third-order valence-corrected chi connectivity index (χ3v) is 5.42. The number of nitrogens with zero attached hydrogens (tertiary/aromatic N) is 1. The SMILES string of the molecule is CCN(CC)C1=C(C(=O)OC2=C(O)C(=O)c3ccccc3C2=O)C(=O)c2ccccc21. The van der Waals surface area contributed by atoms with Gasteiger partial charge in [0.25, 0.3) is 0 Å². The predicted octanol–water partition coefficient (Wildman–Crippen LogP) is 3.33. The number of hydrogen-bond donors (Lipinski definition) is 1. The van der Waals surface area contributed by atoms with Crippen LogP contribution in [0, 0.1) is 0 Å². The molecule has 0 saturated carbocycles. The highest BCUT2D eigenvalue weighted by atomic mass is 16.5. The highest BCUT2D eigenvalue weighted by molar-refractivity contribution is 6.34. The number of aliphatic hydroxyl groups is 1. The summed E-state index contributed by atoms with van der Waals surface area (Å²) in [7, 11) is 0. The number of ketones is 3. The van der Waals surface area contributed by atoms with Crippen LogP contribution in [0.5, 0.6) is 0 Å². The van der Waals surface area contributed by atoms with Crippen LogP contribution in [0.25, 0.3) is 5.70 Å². The Bertz CT molecular complexity index is 1220. The first-order valence-electron chi connectivity index (χ1n) is 9.87.